The lowest BCUT2D eigenvalue weighted by atomic mass is 10.1. The summed E-state index contributed by atoms with van der Waals surface area (Å²) in [6.45, 7) is 0.310. The van der Waals surface area contributed by atoms with Gasteiger partial charge in [0.15, 0.2) is 0 Å². The van der Waals surface area contributed by atoms with E-state index >= 15 is 0 Å². The fourth-order valence-electron chi connectivity index (χ4n) is 2.57. The highest BCUT2D eigenvalue weighted by atomic mass is 35.5. The van der Waals surface area contributed by atoms with E-state index in [2.05, 4.69) is 5.32 Å². The highest BCUT2D eigenvalue weighted by molar-refractivity contribution is 6.30. The van der Waals surface area contributed by atoms with Crippen molar-refractivity contribution in [3.63, 3.8) is 0 Å². The van der Waals surface area contributed by atoms with Gasteiger partial charge in [0.25, 0.3) is 0 Å². The van der Waals surface area contributed by atoms with Crippen molar-refractivity contribution in [1.82, 2.24) is 10.2 Å². The van der Waals surface area contributed by atoms with Crippen molar-refractivity contribution in [2.24, 2.45) is 5.92 Å². The van der Waals surface area contributed by atoms with Crippen LogP contribution < -0.4 is 5.32 Å². The number of rotatable bonds is 3. The molecule has 1 aromatic rings. The summed E-state index contributed by atoms with van der Waals surface area (Å²) < 4.78 is 13.2. The molecule has 1 atom stereocenters. The summed E-state index contributed by atoms with van der Waals surface area (Å²) in [7, 11) is 0. The number of hydrogen-bond donors (Lipinski definition) is 1. The van der Waals surface area contributed by atoms with E-state index in [4.69, 9.17) is 11.6 Å². The minimum atomic E-state index is -0.489. The third kappa shape index (κ3) is 2.50. The molecule has 0 spiro atoms. The molecule has 0 aromatic heterocycles. The molecule has 2 fully saturated rings. The van der Waals surface area contributed by atoms with Crippen molar-refractivity contribution in [3.05, 3.63) is 34.6 Å². The molecule has 106 valence electrons. The first-order valence-electron chi connectivity index (χ1n) is 6.57. The second-order valence-electron chi connectivity index (χ2n) is 5.27. The molecule has 1 aliphatic carbocycles. The standard InChI is InChI=1S/C14H14ClFN2O2/c15-10-5-8(1-4-11(10)16)7-18-12(19)6-17-14(20)13(18)9-2-3-9/h1,4-5,9,13H,2-3,6-7H2,(H,17,20). The molecule has 1 saturated carbocycles. The molecule has 3 rings (SSSR count). The summed E-state index contributed by atoms with van der Waals surface area (Å²) in [4.78, 5) is 25.6. The molecule has 2 amide bonds. The van der Waals surface area contributed by atoms with Gasteiger partial charge in [0.2, 0.25) is 11.8 Å². The lowest BCUT2D eigenvalue weighted by molar-refractivity contribution is -0.147. The molecular weight excluding hydrogens is 283 g/mol. The Labute approximate surface area is 120 Å². The molecule has 1 saturated heterocycles. The normalized spacial score (nSPS) is 22.9. The Morgan fingerprint density at radius 3 is 2.75 bits per heavy atom. The molecule has 1 aliphatic heterocycles. The fourth-order valence-corrected chi connectivity index (χ4v) is 2.77. The van der Waals surface area contributed by atoms with E-state index in [0.29, 0.717) is 0 Å². The SMILES string of the molecule is O=C1NCC(=O)N(Cc2ccc(F)c(Cl)c2)C1C1CC1. The average Bonchev–Trinajstić information content (AvgIpc) is 3.23. The largest absolute Gasteiger partial charge is 0.345 e. The lowest BCUT2D eigenvalue weighted by Crippen LogP contribution is -2.58. The van der Waals surface area contributed by atoms with E-state index < -0.39 is 11.9 Å². The Hall–Kier alpha value is -1.62. The average molecular weight is 297 g/mol. The zero-order valence-electron chi connectivity index (χ0n) is 10.7. The van der Waals surface area contributed by atoms with Crippen LogP contribution in [0.4, 0.5) is 4.39 Å². The number of hydrogen-bond acceptors (Lipinski definition) is 2. The minimum absolute atomic E-state index is 0.0248. The van der Waals surface area contributed by atoms with Crippen molar-refractivity contribution in [3.8, 4) is 0 Å². The van der Waals surface area contributed by atoms with Crippen LogP contribution in [0.3, 0.4) is 0 Å². The monoisotopic (exact) mass is 296 g/mol. The van der Waals surface area contributed by atoms with Crippen LogP contribution in [0.5, 0.6) is 0 Å². The Balaban J connectivity index is 1.83. The van der Waals surface area contributed by atoms with E-state index in [1.54, 1.807) is 11.0 Å². The number of nitrogens with one attached hydrogen (secondary N) is 1. The molecule has 6 heteroatoms. The van der Waals surface area contributed by atoms with Crippen molar-refractivity contribution in [2.75, 3.05) is 6.54 Å². The number of piperazine rings is 1. The molecule has 1 N–H and O–H groups in total. The summed E-state index contributed by atoms with van der Waals surface area (Å²) in [5, 5.41) is 2.65. The van der Waals surface area contributed by atoms with Gasteiger partial charge in [-0.05, 0) is 36.5 Å². The van der Waals surface area contributed by atoms with Crippen LogP contribution in [-0.2, 0) is 16.1 Å². The van der Waals surface area contributed by atoms with Gasteiger partial charge in [-0.15, -0.1) is 0 Å². The Morgan fingerprint density at radius 1 is 1.35 bits per heavy atom. The van der Waals surface area contributed by atoms with E-state index in [9.17, 15) is 14.0 Å². The minimum Gasteiger partial charge on any atom is -0.345 e. The van der Waals surface area contributed by atoms with Gasteiger partial charge in [0, 0.05) is 6.54 Å². The number of carbonyl (C=O) groups excluding carboxylic acids is 2. The maximum absolute atomic E-state index is 13.2. The first-order valence-corrected chi connectivity index (χ1v) is 6.95. The highest BCUT2D eigenvalue weighted by Crippen LogP contribution is 2.37. The number of carbonyl (C=O) groups is 2. The van der Waals surface area contributed by atoms with Crippen molar-refractivity contribution < 1.29 is 14.0 Å². The molecule has 2 aliphatic rings. The van der Waals surface area contributed by atoms with Crippen molar-refractivity contribution in [2.45, 2.75) is 25.4 Å². The number of halogens is 2. The summed E-state index contributed by atoms with van der Waals surface area (Å²) >= 11 is 5.75. The Bertz CT molecular complexity index is 574. The maximum Gasteiger partial charge on any atom is 0.243 e. The summed E-state index contributed by atoms with van der Waals surface area (Å²) in [5.74, 6) is -0.450. The number of amides is 2. The molecule has 20 heavy (non-hydrogen) atoms. The second kappa shape index (κ2) is 5.05. The number of benzene rings is 1. The van der Waals surface area contributed by atoms with Crippen LogP contribution in [0.15, 0.2) is 18.2 Å². The van der Waals surface area contributed by atoms with E-state index in [1.165, 1.54) is 12.1 Å². The predicted molar refractivity (Wildman–Crippen MR) is 71.5 cm³/mol. The van der Waals surface area contributed by atoms with Crippen LogP contribution >= 0.6 is 11.6 Å². The van der Waals surface area contributed by atoms with Gasteiger partial charge >= 0.3 is 0 Å². The Morgan fingerprint density at radius 2 is 2.10 bits per heavy atom. The predicted octanol–water partition coefficient (Wildman–Crippen LogP) is 1.72. The van der Waals surface area contributed by atoms with Gasteiger partial charge < -0.3 is 10.2 Å². The van der Waals surface area contributed by atoms with Crippen molar-refractivity contribution >= 4 is 23.4 Å². The lowest BCUT2D eigenvalue weighted by Gasteiger charge is -2.35. The molecule has 0 bridgehead atoms. The third-order valence-electron chi connectivity index (χ3n) is 3.74. The fraction of sp³-hybridized carbons (Fsp3) is 0.429. The summed E-state index contributed by atoms with van der Waals surface area (Å²) in [6, 6.07) is 3.96. The van der Waals surface area contributed by atoms with Gasteiger partial charge in [0.1, 0.15) is 11.9 Å². The number of nitrogens with zero attached hydrogens (tertiary/aromatic N) is 1. The maximum atomic E-state index is 13.2. The van der Waals surface area contributed by atoms with E-state index in [-0.39, 0.29) is 35.8 Å². The quantitative estimate of drug-likeness (QED) is 0.923. The van der Waals surface area contributed by atoms with Crippen molar-refractivity contribution in [1.29, 1.82) is 0 Å². The van der Waals surface area contributed by atoms with E-state index in [1.807, 2.05) is 0 Å². The molecule has 1 aromatic carbocycles. The highest BCUT2D eigenvalue weighted by Gasteiger charge is 2.44. The van der Waals surface area contributed by atoms with Crippen LogP contribution in [0.1, 0.15) is 18.4 Å². The van der Waals surface area contributed by atoms with Gasteiger partial charge in [-0.2, -0.15) is 0 Å². The first-order chi connectivity index (χ1) is 9.56. The van der Waals surface area contributed by atoms with Gasteiger partial charge in [0.05, 0.1) is 11.6 Å². The summed E-state index contributed by atoms with van der Waals surface area (Å²) in [6.07, 6.45) is 1.93. The third-order valence-corrected chi connectivity index (χ3v) is 4.03. The summed E-state index contributed by atoms with van der Waals surface area (Å²) in [5.41, 5.74) is 0.727. The van der Waals surface area contributed by atoms with Gasteiger partial charge in [-0.3, -0.25) is 9.59 Å². The zero-order valence-corrected chi connectivity index (χ0v) is 11.5. The van der Waals surface area contributed by atoms with Crippen LogP contribution in [0.25, 0.3) is 0 Å². The van der Waals surface area contributed by atoms with E-state index in [0.717, 1.165) is 18.4 Å². The smallest absolute Gasteiger partial charge is 0.243 e. The molecular formula is C14H14ClFN2O2. The van der Waals surface area contributed by atoms with Gasteiger partial charge in [-0.25, -0.2) is 4.39 Å². The zero-order chi connectivity index (χ0) is 14.3. The van der Waals surface area contributed by atoms with Crippen LogP contribution in [-0.4, -0.2) is 29.3 Å². The Kier molecular flexibility index (Phi) is 3.38. The topological polar surface area (TPSA) is 49.4 Å². The molecule has 4 nitrogen and oxygen atoms in total. The van der Waals surface area contributed by atoms with Gasteiger partial charge in [-0.1, -0.05) is 17.7 Å². The molecule has 0 radical (unpaired) electrons. The molecule has 1 heterocycles. The first kappa shape index (κ1) is 13.4. The second-order valence-corrected chi connectivity index (χ2v) is 5.68. The molecule has 1 unspecified atom stereocenters. The van der Waals surface area contributed by atoms with Crippen LogP contribution in [0, 0.1) is 11.7 Å². The van der Waals surface area contributed by atoms with Crippen LogP contribution in [0.2, 0.25) is 5.02 Å².